The minimum absolute atomic E-state index is 0.332. The van der Waals surface area contributed by atoms with Gasteiger partial charge in [-0.05, 0) is 49.9 Å². The number of halogens is 4. The summed E-state index contributed by atoms with van der Waals surface area (Å²) in [5.41, 5.74) is 2.08. The van der Waals surface area contributed by atoms with Crippen molar-refractivity contribution in [3.05, 3.63) is 69.7 Å². The van der Waals surface area contributed by atoms with E-state index in [9.17, 15) is 17.6 Å². The highest BCUT2D eigenvalue weighted by Crippen LogP contribution is 2.47. The Kier molecular flexibility index (Phi) is 21.2. The van der Waals surface area contributed by atoms with Crippen LogP contribution in [0.1, 0.15) is 179 Å². The smallest absolute Gasteiger partial charge is 0.180 e. The van der Waals surface area contributed by atoms with E-state index in [1.807, 2.05) is 24.3 Å². The normalized spacial score (nSPS) is 11.8. The zero-order chi connectivity index (χ0) is 43.5. The van der Waals surface area contributed by atoms with Crippen molar-refractivity contribution < 1.29 is 17.6 Å². The lowest BCUT2D eigenvalue weighted by atomic mass is 10.0. The molecular weight excluding hydrogens is 897 g/mol. The van der Waals surface area contributed by atoms with Crippen LogP contribution in [0.15, 0.2) is 36.4 Å². The fourth-order valence-electron chi connectivity index (χ4n) is 8.06. The number of hydrogen-bond acceptors (Lipinski definition) is 8. The Bertz CT molecular complexity index is 2030. The van der Waals surface area contributed by atoms with Crippen LogP contribution in [0.25, 0.3) is 49.0 Å². The van der Waals surface area contributed by atoms with Gasteiger partial charge in [0.25, 0.3) is 0 Å². The third-order valence-electron chi connectivity index (χ3n) is 11.5. The predicted octanol–water partition coefficient (Wildman–Crippen LogP) is 20.2. The summed E-state index contributed by atoms with van der Waals surface area (Å²) >= 11 is 7.93. The van der Waals surface area contributed by atoms with Crippen molar-refractivity contribution in [2.45, 2.75) is 181 Å². The standard InChI is InChI=1S/C50H64F4N2S6/c1-3-5-7-9-11-13-15-17-19-21-23-25-27-37-47(41-31-29-39(57-41)45-35(51)33-43(53)59-45)61-49(55-37)50-56-38(28-26-24-22-20-18-16-14-12-10-8-6-4-2)48(62-50)42-32-30-40(58-42)46-36(52)34-44(54)60-46/h29-34H,3-28H2,1-2H3. The molecule has 0 unspecified atom stereocenters. The molecule has 0 radical (unpaired) electrons. The minimum atomic E-state index is -0.526. The highest BCUT2D eigenvalue weighted by molar-refractivity contribution is 7.30. The zero-order valence-electron chi connectivity index (χ0n) is 36.7. The van der Waals surface area contributed by atoms with E-state index in [4.69, 9.17) is 9.97 Å². The quantitative estimate of drug-likeness (QED) is 0.0320. The Balaban J connectivity index is 1.16. The van der Waals surface area contributed by atoms with Crippen molar-refractivity contribution in [1.82, 2.24) is 9.97 Å². The molecule has 0 saturated heterocycles. The number of thiazole rings is 2. The Morgan fingerprint density at radius 3 is 0.935 bits per heavy atom. The molecule has 0 amide bonds. The summed E-state index contributed by atoms with van der Waals surface area (Å²) < 4.78 is 57.4. The molecule has 6 aromatic heterocycles. The Labute approximate surface area is 392 Å². The van der Waals surface area contributed by atoms with Crippen LogP contribution in [-0.2, 0) is 12.8 Å². The molecule has 6 rings (SSSR count). The summed E-state index contributed by atoms with van der Waals surface area (Å²) in [4.78, 5) is 16.8. The second-order valence-corrected chi connectivity index (χ2v) is 22.8. The minimum Gasteiger partial charge on any atom is -0.238 e. The Morgan fingerprint density at radius 1 is 0.355 bits per heavy atom. The van der Waals surface area contributed by atoms with Gasteiger partial charge in [0, 0.05) is 31.6 Å². The molecule has 6 aromatic rings. The summed E-state index contributed by atoms with van der Waals surface area (Å²) in [6.45, 7) is 4.53. The maximum atomic E-state index is 14.7. The maximum absolute atomic E-state index is 14.7. The van der Waals surface area contributed by atoms with Gasteiger partial charge in [-0.3, -0.25) is 0 Å². The molecule has 0 atom stereocenters. The van der Waals surface area contributed by atoms with Gasteiger partial charge < -0.3 is 0 Å². The number of thiophene rings is 4. The van der Waals surface area contributed by atoms with Gasteiger partial charge in [0.2, 0.25) is 0 Å². The van der Waals surface area contributed by atoms with E-state index in [-0.39, 0.29) is 0 Å². The molecule has 0 aliphatic rings. The molecule has 0 bridgehead atoms. The summed E-state index contributed by atoms with van der Waals surface area (Å²) in [5.74, 6) is -1.05. The van der Waals surface area contributed by atoms with Crippen molar-refractivity contribution >= 4 is 68.0 Å². The monoisotopic (exact) mass is 960 g/mol. The summed E-state index contributed by atoms with van der Waals surface area (Å²) in [7, 11) is 0. The Morgan fingerprint density at radius 2 is 0.645 bits per heavy atom. The zero-order valence-corrected chi connectivity index (χ0v) is 41.6. The number of hydrogen-bond donors (Lipinski definition) is 0. The fraction of sp³-hybridized carbons (Fsp3) is 0.560. The van der Waals surface area contributed by atoms with E-state index in [0.29, 0.717) is 9.75 Å². The SMILES string of the molecule is CCCCCCCCCCCCCCc1nc(-c2nc(CCCCCCCCCCCCCC)c(-c3ccc(-c4sc(F)cc4F)s3)s2)sc1-c1ccc(-c2sc(F)cc2F)s1. The molecule has 0 spiro atoms. The predicted molar refractivity (Wildman–Crippen MR) is 266 cm³/mol. The lowest BCUT2D eigenvalue weighted by Crippen LogP contribution is -1.91. The lowest BCUT2D eigenvalue weighted by molar-refractivity contribution is 0.543. The van der Waals surface area contributed by atoms with Gasteiger partial charge in [0.15, 0.2) is 20.3 Å². The van der Waals surface area contributed by atoms with E-state index >= 15 is 0 Å². The first kappa shape index (κ1) is 49.2. The lowest BCUT2D eigenvalue weighted by Gasteiger charge is -2.03. The molecule has 6 heterocycles. The van der Waals surface area contributed by atoms with Gasteiger partial charge in [-0.25, -0.2) is 18.7 Å². The molecule has 0 aromatic carbocycles. The molecule has 0 aliphatic heterocycles. The molecule has 0 fully saturated rings. The largest absolute Gasteiger partial charge is 0.238 e. The highest BCUT2D eigenvalue weighted by Gasteiger charge is 2.23. The second-order valence-electron chi connectivity index (χ2n) is 16.7. The highest BCUT2D eigenvalue weighted by atomic mass is 32.1. The molecule has 12 heteroatoms. The number of aromatic nitrogens is 2. The van der Waals surface area contributed by atoms with Crippen LogP contribution < -0.4 is 0 Å². The van der Waals surface area contributed by atoms with Crippen molar-refractivity contribution in [3.63, 3.8) is 0 Å². The van der Waals surface area contributed by atoms with Gasteiger partial charge in [-0.2, -0.15) is 8.78 Å². The van der Waals surface area contributed by atoms with E-state index in [2.05, 4.69) is 13.8 Å². The molecule has 0 saturated carbocycles. The van der Waals surface area contributed by atoms with Crippen molar-refractivity contribution in [2.75, 3.05) is 0 Å². The van der Waals surface area contributed by atoms with Gasteiger partial charge in [-0.1, -0.05) is 155 Å². The van der Waals surface area contributed by atoms with Crippen LogP contribution in [0.2, 0.25) is 0 Å². The van der Waals surface area contributed by atoms with E-state index in [1.54, 1.807) is 22.7 Å². The fourth-order valence-corrected chi connectivity index (χ4v) is 14.3. The summed E-state index contributed by atoms with van der Waals surface area (Å²) in [5, 5.41) is 0.689. The Hall–Kier alpha value is -2.22. The summed E-state index contributed by atoms with van der Waals surface area (Å²) in [6, 6.07) is 9.75. The van der Waals surface area contributed by atoms with Crippen LogP contribution in [-0.4, -0.2) is 9.97 Å². The average Bonchev–Trinajstić information content (AvgIpc) is 4.12. The van der Waals surface area contributed by atoms with Crippen molar-refractivity contribution in [3.8, 4) is 49.0 Å². The van der Waals surface area contributed by atoms with Crippen LogP contribution in [0, 0.1) is 21.9 Å². The average molecular weight is 961 g/mol. The second kappa shape index (κ2) is 26.7. The third kappa shape index (κ3) is 14.9. The van der Waals surface area contributed by atoms with E-state index in [0.717, 1.165) is 124 Å². The molecule has 338 valence electrons. The van der Waals surface area contributed by atoms with E-state index in [1.165, 1.54) is 151 Å². The van der Waals surface area contributed by atoms with Gasteiger partial charge in [0.05, 0.1) is 30.9 Å². The molecule has 0 aliphatic carbocycles. The van der Waals surface area contributed by atoms with Crippen LogP contribution in [0.3, 0.4) is 0 Å². The number of rotatable bonds is 31. The van der Waals surface area contributed by atoms with Crippen LogP contribution in [0.4, 0.5) is 17.6 Å². The first-order valence-electron chi connectivity index (χ1n) is 23.4. The van der Waals surface area contributed by atoms with Gasteiger partial charge >= 0.3 is 0 Å². The van der Waals surface area contributed by atoms with Gasteiger partial charge in [-0.15, -0.1) is 68.0 Å². The van der Waals surface area contributed by atoms with Gasteiger partial charge in [0.1, 0.15) is 11.6 Å². The maximum Gasteiger partial charge on any atom is 0.180 e. The first-order valence-corrected chi connectivity index (χ1v) is 28.3. The topological polar surface area (TPSA) is 25.8 Å². The summed E-state index contributed by atoms with van der Waals surface area (Å²) in [6.07, 6.45) is 32.5. The molecular formula is C50H64F4N2S6. The van der Waals surface area contributed by atoms with Crippen molar-refractivity contribution in [1.29, 1.82) is 0 Å². The first-order chi connectivity index (χ1) is 30.3. The number of aryl methyl sites for hydroxylation is 2. The molecule has 0 N–H and O–H groups in total. The third-order valence-corrected chi connectivity index (χ3v) is 18.6. The molecule has 2 nitrogen and oxygen atoms in total. The molecule has 62 heavy (non-hydrogen) atoms. The number of nitrogens with zero attached hydrogens (tertiary/aromatic N) is 2. The van der Waals surface area contributed by atoms with Crippen LogP contribution in [0.5, 0.6) is 0 Å². The van der Waals surface area contributed by atoms with E-state index < -0.39 is 21.9 Å². The number of unbranched alkanes of at least 4 members (excludes halogenated alkanes) is 22. The van der Waals surface area contributed by atoms with Crippen molar-refractivity contribution in [2.24, 2.45) is 0 Å². The van der Waals surface area contributed by atoms with Crippen LogP contribution >= 0.6 is 68.0 Å².